The Morgan fingerprint density at radius 1 is 1.03 bits per heavy atom. The summed E-state index contributed by atoms with van der Waals surface area (Å²) in [5.74, 6) is -1.40. The van der Waals surface area contributed by atoms with Gasteiger partial charge in [0.25, 0.3) is 5.91 Å². The van der Waals surface area contributed by atoms with Crippen molar-refractivity contribution >= 4 is 23.7 Å². The van der Waals surface area contributed by atoms with Crippen molar-refractivity contribution in [2.75, 3.05) is 27.4 Å². The average molecular weight is 418 g/mol. The summed E-state index contributed by atoms with van der Waals surface area (Å²) in [4.78, 5) is 49.8. The number of imide groups is 1. The van der Waals surface area contributed by atoms with Crippen molar-refractivity contribution in [1.82, 2.24) is 10.2 Å². The van der Waals surface area contributed by atoms with Crippen molar-refractivity contribution in [3.63, 3.8) is 0 Å². The summed E-state index contributed by atoms with van der Waals surface area (Å²) in [5.41, 5.74) is 0.781. The first-order valence-corrected chi connectivity index (χ1v) is 9.93. The molecule has 1 aliphatic heterocycles. The molecule has 2 unspecified atom stereocenters. The second-order valence-electron chi connectivity index (χ2n) is 7.39. The minimum atomic E-state index is -0.781. The first-order chi connectivity index (χ1) is 14.4. The van der Waals surface area contributed by atoms with Crippen molar-refractivity contribution in [3.05, 3.63) is 23.8 Å². The quantitative estimate of drug-likeness (QED) is 0.496. The lowest BCUT2D eigenvalue weighted by Gasteiger charge is -2.19. The minimum absolute atomic E-state index is 0.212. The van der Waals surface area contributed by atoms with E-state index in [2.05, 4.69) is 5.32 Å². The molecule has 0 radical (unpaired) electrons. The fraction of sp³-hybridized carbons (Fsp3) is 0.524. The molecule has 2 atom stereocenters. The van der Waals surface area contributed by atoms with Crippen LogP contribution in [0.1, 0.15) is 31.2 Å². The highest BCUT2D eigenvalue weighted by Gasteiger charge is 2.48. The third kappa shape index (κ3) is 4.72. The molecule has 0 aromatic heterocycles. The molecular weight excluding hydrogens is 392 g/mol. The van der Waals surface area contributed by atoms with Gasteiger partial charge in [-0.15, -0.1) is 0 Å². The van der Waals surface area contributed by atoms with E-state index in [4.69, 9.17) is 14.2 Å². The van der Waals surface area contributed by atoms with E-state index in [1.165, 1.54) is 14.2 Å². The van der Waals surface area contributed by atoms with E-state index in [-0.39, 0.29) is 30.2 Å². The number of carbonyl (C=O) groups is 4. The van der Waals surface area contributed by atoms with Crippen molar-refractivity contribution in [3.8, 4) is 11.5 Å². The van der Waals surface area contributed by atoms with Crippen LogP contribution in [-0.2, 0) is 30.5 Å². The number of ether oxygens (including phenoxy) is 3. The minimum Gasteiger partial charge on any atom is -0.493 e. The SMILES string of the molecule is COc1ccc(CNC(=O)COC(=O)CN2C(=O)C3CCCCC3C2=O)cc1OC. The number of likely N-dealkylation sites (tertiary alicyclic amines) is 1. The highest BCUT2D eigenvalue weighted by Crippen LogP contribution is 2.37. The van der Waals surface area contributed by atoms with Gasteiger partial charge in [0.1, 0.15) is 6.54 Å². The summed E-state index contributed by atoms with van der Waals surface area (Å²) in [5, 5.41) is 2.63. The first-order valence-electron chi connectivity index (χ1n) is 9.93. The molecule has 162 valence electrons. The third-order valence-electron chi connectivity index (χ3n) is 5.52. The van der Waals surface area contributed by atoms with Gasteiger partial charge in [-0.1, -0.05) is 18.9 Å². The number of rotatable bonds is 8. The second kappa shape index (κ2) is 9.60. The van der Waals surface area contributed by atoms with E-state index in [9.17, 15) is 19.2 Å². The zero-order valence-corrected chi connectivity index (χ0v) is 17.1. The van der Waals surface area contributed by atoms with E-state index in [0.29, 0.717) is 24.3 Å². The molecule has 1 heterocycles. The lowest BCUT2D eigenvalue weighted by atomic mass is 9.81. The topological polar surface area (TPSA) is 111 Å². The summed E-state index contributed by atoms with van der Waals surface area (Å²) in [6.45, 7) is -0.730. The molecule has 1 aromatic carbocycles. The maximum atomic E-state index is 12.4. The summed E-state index contributed by atoms with van der Waals surface area (Å²) in [7, 11) is 3.05. The van der Waals surface area contributed by atoms with Gasteiger partial charge in [0.2, 0.25) is 11.8 Å². The molecule has 1 N–H and O–H groups in total. The fourth-order valence-electron chi connectivity index (χ4n) is 3.95. The predicted molar refractivity (Wildman–Crippen MR) is 105 cm³/mol. The van der Waals surface area contributed by atoms with Crippen LogP contribution in [0.25, 0.3) is 0 Å². The van der Waals surface area contributed by atoms with E-state index in [1.807, 2.05) is 0 Å². The van der Waals surface area contributed by atoms with Crippen LogP contribution in [0.4, 0.5) is 0 Å². The number of esters is 1. The maximum Gasteiger partial charge on any atom is 0.326 e. The smallest absolute Gasteiger partial charge is 0.326 e. The third-order valence-corrected chi connectivity index (χ3v) is 5.52. The Morgan fingerprint density at radius 3 is 2.27 bits per heavy atom. The van der Waals surface area contributed by atoms with Crippen molar-refractivity contribution in [1.29, 1.82) is 0 Å². The monoisotopic (exact) mass is 418 g/mol. The number of carbonyl (C=O) groups excluding carboxylic acids is 4. The summed E-state index contributed by atoms with van der Waals surface area (Å²) in [6.07, 6.45) is 3.19. The van der Waals surface area contributed by atoms with Crippen LogP contribution in [0, 0.1) is 11.8 Å². The van der Waals surface area contributed by atoms with Gasteiger partial charge in [0.05, 0.1) is 26.1 Å². The normalized spacial score (nSPS) is 20.5. The zero-order valence-electron chi connectivity index (χ0n) is 17.1. The molecule has 1 aliphatic carbocycles. The molecule has 1 saturated heterocycles. The predicted octanol–water partition coefficient (Wildman–Crippen LogP) is 1.04. The molecule has 9 heteroatoms. The summed E-state index contributed by atoms with van der Waals surface area (Å²) < 4.78 is 15.3. The van der Waals surface area contributed by atoms with Crippen LogP contribution in [0.5, 0.6) is 11.5 Å². The van der Waals surface area contributed by atoms with E-state index in [0.717, 1.165) is 23.3 Å². The standard InChI is InChI=1S/C21H26N2O7/c1-28-16-8-7-13(9-17(16)29-2)10-22-18(24)12-30-19(25)11-23-20(26)14-5-3-4-6-15(14)21(23)27/h7-9,14-15H,3-6,10-12H2,1-2H3,(H,22,24). The molecule has 3 rings (SSSR count). The van der Waals surface area contributed by atoms with Gasteiger partial charge in [-0.05, 0) is 30.5 Å². The Kier molecular flexibility index (Phi) is 6.91. The maximum absolute atomic E-state index is 12.4. The highest BCUT2D eigenvalue weighted by atomic mass is 16.5. The fourth-order valence-corrected chi connectivity index (χ4v) is 3.95. The van der Waals surface area contributed by atoms with Gasteiger partial charge >= 0.3 is 5.97 Å². The van der Waals surface area contributed by atoms with Crippen molar-refractivity contribution in [2.24, 2.45) is 11.8 Å². The molecule has 1 aromatic rings. The number of benzene rings is 1. The van der Waals surface area contributed by atoms with Gasteiger partial charge in [-0.3, -0.25) is 24.1 Å². The Balaban J connectivity index is 1.44. The lowest BCUT2D eigenvalue weighted by molar-refractivity contribution is -0.154. The summed E-state index contributed by atoms with van der Waals surface area (Å²) in [6, 6.07) is 5.23. The number of fused-ring (bicyclic) bond motifs is 1. The molecule has 1 saturated carbocycles. The van der Waals surface area contributed by atoms with Crippen molar-refractivity contribution < 1.29 is 33.4 Å². The van der Waals surface area contributed by atoms with E-state index < -0.39 is 25.0 Å². The van der Waals surface area contributed by atoms with Gasteiger partial charge in [-0.25, -0.2) is 0 Å². The molecule has 2 aliphatic rings. The van der Waals surface area contributed by atoms with Gasteiger partial charge in [-0.2, -0.15) is 0 Å². The van der Waals surface area contributed by atoms with Crippen LogP contribution in [0.2, 0.25) is 0 Å². The molecule has 3 amide bonds. The van der Waals surface area contributed by atoms with Gasteiger partial charge in [0, 0.05) is 6.54 Å². The molecule has 9 nitrogen and oxygen atoms in total. The molecule has 2 fully saturated rings. The molecule has 0 spiro atoms. The Labute approximate surface area is 174 Å². The van der Waals surface area contributed by atoms with Gasteiger partial charge in [0.15, 0.2) is 18.1 Å². The summed E-state index contributed by atoms with van der Waals surface area (Å²) >= 11 is 0. The van der Waals surface area contributed by atoms with Crippen LogP contribution in [-0.4, -0.2) is 56.0 Å². The average Bonchev–Trinajstić information content (AvgIpc) is 3.01. The lowest BCUT2D eigenvalue weighted by Crippen LogP contribution is -2.38. The van der Waals surface area contributed by atoms with E-state index in [1.54, 1.807) is 18.2 Å². The second-order valence-corrected chi connectivity index (χ2v) is 7.39. The Bertz CT molecular complexity index is 815. The number of methoxy groups -OCH3 is 2. The van der Waals surface area contributed by atoms with Gasteiger partial charge < -0.3 is 19.5 Å². The largest absolute Gasteiger partial charge is 0.493 e. The first kappa shape index (κ1) is 21.6. The van der Waals surface area contributed by atoms with Crippen LogP contribution < -0.4 is 14.8 Å². The van der Waals surface area contributed by atoms with Crippen molar-refractivity contribution in [2.45, 2.75) is 32.2 Å². The van der Waals surface area contributed by atoms with Crippen LogP contribution in [0.3, 0.4) is 0 Å². The van der Waals surface area contributed by atoms with Crippen LogP contribution in [0.15, 0.2) is 18.2 Å². The molecule has 30 heavy (non-hydrogen) atoms. The molecule has 0 bridgehead atoms. The molecular formula is C21H26N2O7. The number of hydrogen-bond donors (Lipinski definition) is 1. The Hall–Kier alpha value is -3.10. The number of amides is 3. The van der Waals surface area contributed by atoms with E-state index >= 15 is 0 Å². The zero-order chi connectivity index (χ0) is 21.7. The Morgan fingerprint density at radius 2 is 1.67 bits per heavy atom. The highest BCUT2D eigenvalue weighted by molar-refractivity contribution is 6.07. The number of nitrogens with zero attached hydrogens (tertiary/aromatic N) is 1. The number of nitrogens with one attached hydrogen (secondary N) is 1. The van der Waals surface area contributed by atoms with Crippen LogP contribution >= 0.6 is 0 Å². The number of hydrogen-bond acceptors (Lipinski definition) is 7.